The van der Waals surface area contributed by atoms with Crippen LogP contribution in [0.25, 0.3) is 0 Å². The third-order valence-electron chi connectivity index (χ3n) is 4.87. The van der Waals surface area contributed by atoms with Crippen molar-refractivity contribution in [1.82, 2.24) is 4.90 Å². The maximum Gasteiger partial charge on any atom is 0.223 e. The fraction of sp³-hybridized carbons (Fsp3) is 0.929. The van der Waals surface area contributed by atoms with Crippen molar-refractivity contribution < 1.29 is 9.53 Å². The molecule has 0 bridgehead atoms. The second-order valence-corrected chi connectivity index (χ2v) is 6.50. The van der Waals surface area contributed by atoms with Crippen LogP contribution < -0.4 is 0 Å². The molecular formula is C14H23NO2S. The van der Waals surface area contributed by atoms with Gasteiger partial charge in [0.25, 0.3) is 0 Å². The van der Waals surface area contributed by atoms with Crippen LogP contribution in [0.3, 0.4) is 0 Å². The summed E-state index contributed by atoms with van der Waals surface area (Å²) in [6.45, 7) is 1.52. The highest BCUT2D eigenvalue weighted by Gasteiger charge is 2.45. The third kappa shape index (κ3) is 2.42. The van der Waals surface area contributed by atoms with E-state index >= 15 is 0 Å². The zero-order valence-electron chi connectivity index (χ0n) is 10.9. The molecule has 2 unspecified atom stereocenters. The van der Waals surface area contributed by atoms with Gasteiger partial charge in [-0.3, -0.25) is 4.79 Å². The fourth-order valence-electron chi connectivity index (χ4n) is 3.40. The van der Waals surface area contributed by atoms with Gasteiger partial charge >= 0.3 is 0 Å². The molecule has 18 heavy (non-hydrogen) atoms. The van der Waals surface area contributed by atoms with Crippen LogP contribution in [0.5, 0.6) is 0 Å². The number of ether oxygens (including phenoxy) is 1. The summed E-state index contributed by atoms with van der Waals surface area (Å²) in [6.07, 6.45) is 8.13. The minimum absolute atomic E-state index is 0.239. The molecule has 0 spiro atoms. The van der Waals surface area contributed by atoms with Crippen LogP contribution in [-0.2, 0) is 9.53 Å². The number of fused-ring (bicyclic) bond motifs is 1. The van der Waals surface area contributed by atoms with Gasteiger partial charge in [-0.15, -0.1) is 0 Å². The number of amides is 1. The number of rotatable bonds is 3. The van der Waals surface area contributed by atoms with Crippen LogP contribution in [0.2, 0.25) is 0 Å². The summed E-state index contributed by atoms with van der Waals surface area (Å²) in [5.41, 5.74) is 0.239. The van der Waals surface area contributed by atoms with E-state index in [0.717, 1.165) is 31.7 Å². The number of morpholine rings is 1. The molecule has 1 heterocycles. The summed E-state index contributed by atoms with van der Waals surface area (Å²) in [5, 5.41) is 0. The molecule has 0 aromatic carbocycles. The molecule has 3 nitrogen and oxygen atoms in total. The topological polar surface area (TPSA) is 29.5 Å². The average molecular weight is 269 g/mol. The fourth-order valence-corrected chi connectivity index (χ4v) is 3.82. The second kappa shape index (κ2) is 5.04. The van der Waals surface area contributed by atoms with Crippen molar-refractivity contribution in [3.8, 4) is 0 Å². The Morgan fingerprint density at radius 3 is 2.83 bits per heavy atom. The van der Waals surface area contributed by atoms with Crippen LogP contribution in [-0.4, -0.2) is 41.9 Å². The van der Waals surface area contributed by atoms with Crippen molar-refractivity contribution in [2.24, 2.45) is 5.41 Å². The molecule has 0 N–H and O–H groups in total. The Morgan fingerprint density at radius 1 is 1.33 bits per heavy atom. The van der Waals surface area contributed by atoms with E-state index in [2.05, 4.69) is 17.5 Å². The Labute approximate surface area is 115 Å². The molecule has 0 radical (unpaired) electrons. The Bertz CT molecular complexity index is 328. The van der Waals surface area contributed by atoms with E-state index in [4.69, 9.17) is 4.74 Å². The minimum atomic E-state index is 0.239. The lowest BCUT2D eigenvalue weighted by atomic mass is 9.89. The molecular weight excluding hydrogens is 246 g/mol. The highest BCUT2D eigenvalue weighted by molar-refractivity contribution is 7.80. The van der Waals surface area contributed by atoms with E-state index in [1.807, 2.05) is 0 Å². The second-order valence-electron chi connectivity index (χ2n) is 6.18. The van der Waals surface area contributed by atoms with Crippen LogP contribution in [0, 0.1) is 5.41 Å². The van der Waals surface area contributed by atoms with Gasteiger partial charge in [-0.1, -0.05) is 12.8 Å². The van der Waals surface area contributed by atoms with Gasteiger partial charge in [-0.05, 0) is 36.9 Å². The zero-order valence-corrected chi connectivity index (χ0v) is 11.8. The van der Waals surface area contributed by atoms with E-state index in [0.29, 0.717) is 24.5 Å². The van der Waals surface area contributed by atoms with Crippen LogP contribution in [0.15, 0.2) is 0 Å². The monoisotopic (exact) mass is 269 g/mol. The van der Waals surface area contributed by atoms with Crippen LogP contribution in [0.1, 0.15) is 44.9 Å². The molecule has 2 saturated carbocycles. The Hall–Kier alpha value is -0.220. The van der Waals surface area contributed by atoms with Crippen molar-refractivity contribution in [2.75, 3.05) is 18.9 Å². The molecule has 3 aliphatic rings. The van der Waals surface area contributed by atoms with Crippen molar-refractivity contribution in [3.05, 3.63) is 0 Å². The standard InChI is InChI=1S/C14H23NO2S/c16-13(9-14(10-18)5-6-14)15-7-8-17-12-4-2-1-3-11(12)15/h11-12,18H,1-10H2. The van der Waals surface area contributed by atoms with Gasteiger partial charge in [-0.2, -0.15) is 12.6 Å². The molecule has 3 rings (SSSR count). The molecule has 3 fully saturated rings. The smallest absolute Gasteiger partial charge is 0.223 e. The highest BCUT2D eigenvalue weighted by atomic mass is 32.1. The lowest BCUT2D eigenvalue weighted by molar-refractivity contribution is -0.150. The van der Waals surface area contributed by atoms with Crippen molar-refractivity contribution >= 4 is 18.5 Å². The molecule has 102 valence electrons. The first-order valence-corrected chi connectivity index (χ1v) is 7.89. The van der Waals surface area contributed by atoms with E-state index < -0.39 is 0 Å². The maximum atomic E-state index is 12.5. The van der Waals surface area contributed by atoms with E-state index in [9.17, 15) is 4.79 Å². The van der Waals surface area contributed by atoms with E-state index in [1.165, 1.54) is 25.7 Å². The molecule has 4 heteroatoms. The third-order valence-corrected chi connectivity index (χ3v) is 5.54. The Kier molecular flexibility index (Phi) is 3.59. The van der Waals surface area contributed by atoms with E-state index in [-0.39, 0.29) is 5.41 Å². The summed E-state index contributed by atoms with van der Waals surface area (Å²) in [4.78, 5) is 14.6. The Morgan fingerprint density at radius 2 is 2.11 bits per heavy atom. The first-order valence-electron chi connectivity index (χ1n) is 7.26. The zero-order chi connectivity index (χ0) is 12.6. The van der Waals surface area contributed by atoms with Crippen molar-refractivity contribution in [1.29, 1.82) is 0 Å². The minimum Gasteiger partial charge on any atom is -0.374 e. The quantitative estimate of drug-likeness (QED) is 0.796. The van der Waals surface area contributed by atoms with E-state index in [1.54, 1.807) is 0 Å². The number of carbonyl (C=O) groups is 1. The van der Waals surface area contributed by atoms with Gasteiger partial charge in [-0.25, -0.2) is 0 Å². The summed E-state index contributed by atoms with van der Waals surface area (Å²) < 4.78 is 5.83. The van der Waals surface area contributed by atoms with Gasteiger partial charge in [0.05, 0.1) is 18.8 Å². The summed E-state index contributed by atoms with van der Waals surface area (Å²) in [5.74, 6) is 1.21. The molecule has 1 aliphatic heterocycles. The summed E-state index contributed by atoms with van der Waals surface area (Å²) in [7, 11) is 0. The van der Waals surface area contributed by atoms with Gasteiger partial charge in [0.15, 0.2) is 0 Å². The lowest BCUT2D eigenvalue weighted by Crippen LogP contribution is -2.55. The first-order chi connectivity index (χ1) is 8.74. The van der Waals surface area contributed by atoms with Crippen LogP contribution in [0.4, 0.5) is 0 Å². The predicted molar refractivity (Wildman–Crippen MR) is 73.8 cm³/mol. The van der Waals surface area contributed by atoms with Gasteiger partial charge < -0.3 is 9.64 Å². The summed E-state index contributed by atoms with van der Waals surface area (Å²) in [6, 6.07) is 0.357. The first kappa shape index (κ1) is 12.8. The number of hydrogen-bond acceptors (Lipinski definition) is 3. The predicted octanol–water partition coefficient (Wildman–Crippen LogP) is 2.26. The van der Waals surface area contributed by atoms with Crippen LogP contribution >= 0.6 is 12.6 Å². The number of carbonyl (C=O) groups excluding carboxylic acids is 1. The molecule has 1 amide bonds. The molecule has 0 aromatic heterocycles. The molecule has 2 aliphatic carbocycles. The maximum absolute atomic E-state index is 12.5. The number of nitrogens with zero attached hydrogens (tertiary/aromatic N) is 1. The van der Waals surface area contributed by atoms with Gasteiger partial charge in [0, 0.05) is 13.0 Å². The van der Waals surface area contributed by atoms with Gasteiger partial charge in [0.1, 0.15) is 0 Å². The van der Waals surface area contributed by atoms with Crippen molar-refractivity contribution in [3.63, 3.8) is 0 Å². The highest BCUT2D eigenvalue weighted by Crippen LogP contribution is 2.50. The molecule has 2 atom stereocenters. The largest absolute Gasteiger partial charge is 0.374 e. The van der Waals surface area contributed by atoms with Crippen molar-refractivity contribution in [2.45, 2.75) is 57.1 Å². The van der Waals surface area contributed by atoms with Gasteiger partial charge in [0.2, 0.25) is 5.91 Å². The summed E-state index contributed by atoms with van der Waals surface area (Å²) >= 11 is 4.40. The number of thiol groups is 1. The molecule has 0 aromatic rings. The Balaban J connectivity index is 1.64. The molecule has 1 saturated heterocycles. The average Bonchev–Trinajstić information content (AvgIpc) is 3.18. The normalized spacial score (nSPS) is 33.9. The number of hydrogen-bond donors (Lipinski definition) is 1. The SMILES string of the molecule is O=C(CC1(CS)CC1)N1CCOC2CCCCC21. The lowest BCUT2D eigenvalue weighted by Gasteiger charge is -2.44.